The number of halogens is 2. The fraction of sp³-hybridized carbons (Fsp3) is 0.273. The molecule has 1 aromatic rings. The first-order chi connectivity index (χ1) is 8.79. The number of rotatable bonds is 5. The zero-order chi connectivity index (χ0) is 14.6. The molecule has 0 aliphatic rings. The van der Waals surface area contributed by atoms with Crippen LogP contribution in [-0.4, -0.2) is 25.2 Å². The third-order valence-electron chi connectivity index (χ3n) is 2.27. The van der Waals surface area contributed by atoms with Crippen LogP contribution in [0.5, 0.6) is 0 Å². The van der Waals surface area contributed by atoms with Crippen LogP contribution >= 0.6 is 11.6 Å². The quantitative estimate of drug-likeness (QED) is 0.842. The van der Waals surface area contributed by atoms with Crippen LogP contribution in [0.15, 0.2) is 17.0 Å². The molecule has 0 bridgehead atoms. The Morgan fingerprint density at radius 2 is 2.11 bits per heavy atom. The van der Waals surface area contributed by atoms with Crippen molar-refractivity contribution >= 4 is 27.4 Å². The molecule has 1 rings (SSSR count). The van der Waals surface area contributed by atoms with Crippen molar-refractivity contribution in [3.63, 3.8) is 0 Å². The van der Waals surface area contributed by atoms with Crippen molar-refractivity contribution in [1.82, 2.24) is 0 Å². The summed E-state index contributed by atoms with van der Waals surface area (Å²) in [5, 5.41) is 16.9. The summed E-state index contributed by atoms with van der Waals surface area (Å²) < 4.78 is 37.5. The van der Waals surface area contributed by atoms with Gasteiger partial charge in [0.25, 0.3) is 0 Å². The topological polar surface area (TPSA) is 95.2 Å². The van der Waals surface area contributed by atoms with Gasteiger partial charge in [0, 0.05) is 11.4 Å². The largest absolute Gasteiger partial charge is 0.478 e. The highest BCUT2D eigenvalue weighted by molar-refractivity contribution is 7.91. The van der Waals surface area contributed by atoms with Crippen LogP contribution in [0.25, 0.3) is 0 Å². The molecule has 19 heavy (non-hydrogen) atoms. The van der Waals surface area contributed by atoms with Crippen molar-refractivity contribution < 1.29 is 22.7 Å². The number of carboxylic acid groups (broad SMARTS) is 1. The van der Waals surface area contributed by atoms with Crippen LogP contribution in [-0.2, 0) is 9.84 Å². The van der Waals surface area contributed by atoms with Gasteiger partial charge in [0.15, 0.2) is 15.7 Å². The molecule has 0 aromatic heterocycles. The van der Waals surface area contributed by atoms with Crippen molar-refractivity contribution in [2.75, 3.05) is 5.75 Å². The number of carboxylic acids is 1. The summed E-state index contributed by atoms with van der Waals surface area (Å²) in [5.74, 6) is -3.39. The minimum atomic E-state index is -4.02. The molecule has 5 nitrogen and oxygen atoms in total. The normalized spacial score (nSPS) is 11.0. The van der Waals surface area contributed by atoms with E-state index in [0.717, 1.165) is 12.1 Å². The number of unbranched alkanes of at least 4 members (excludes halogenated alkanes) is 1. The Morgan fingerprint density at radius 3 is 2.63 bits per heavy atom. The van der Waals surface area contributed by atoms with E-state index in [1.165, 1.54) is 0 Å². The number of hydrogen-bond acceptors (Lipinski definition) is 4. The monoisotopic (exact) mass is 305 g/mol. The lowest BCUT2D eigenvalue weighted by molar-refractivity contribution is 0.0691. The molecule has 0 fully saturated rings. The van der Waals surface area contributed by atoms with Crippen molar-refractivity contribution in [3.05, 3.63) is 28.5 Å². The molecule has 1 N–H and O–H groups in total. The first kappa shape index (κ1) is 15.4. The van der Waals surface area contributed by atoms with Crippen LogP contribution in [0.3, 0.4) is 0 Å². The van der Waals surface area contributed by atoms with Gasteiger partial charge in [-0.05, 0) is 18.6 Å². The lowest BCUT2D eigenvalue weighted by atomic mass is 10.2. The van der Waals surface area contributed by atoms with E-state index >= 15 is 0 Å². The zero-order valence-electron chi connectivity index (χ0n) is 9.56. The summed E-state index contributed by atoms with van der Waals surface area (Å²) in [4.78, 5) is 10.0. The van der Waals surface area contributed by atoms with Crippen molar-refractivity contribution in [1.29, 1.82) is 5.26 Å². The lowest BCUT2D eigenvalue weighted by Crippen LogP contribution is -2.12. The number of nitriles is 1. The van der Waals surface area contributed by atoms with Crippen LogP contribution in [0, 0.1) is 17.1 Å². The van der Waals surface area contributed by atoms with Gasteiger partial charge in [-0.2, -0.15) is 5.26 Å². The minimum Gasteiger partial charge on any atom is -0.478 e. The summed E-state index contributed by atoms with van der Waals surface area (Å²) in [7, 11) is -4.02. The highest BCUT2D eigenvalue weighted by Crippen LogP contribution is 2.25. The average Bonchev–Trinajstić information content (AvgIpc) is 2.31. The summed E-state index contributed by atoms with van der Waals surface area (Å²) in [6.07, 6.45) is 0.0421. The van der Waals surface area contributed by atoms with Crippen molar-refractivity contribution in [3.8, 4) is 6.07 Å². The van der Waals surface area contributed by atoms with Gasteiger partial charge in [0.1, 0.15) is 4.90 Å². The molecule has 0 aliphatic carbocycles. The fourth-order valence-corrected chi connectivity index (χ4v) is 3.11. The first-order valence-corrected chi connectivity index (χ1v) is 7.14. The Labute approximate surface area is 114 Å². The van der Waals surface area contributed by atoms with Gasteiger partial charge in [-0.3, -0.25) is 0 Å². The Bertz CT molecular complexity index is 651. The first-order valence-electron chi connectivity index (χ1n) is 5.11. The van der Waals surface area contributed by atoms with E-state index < -0.39 is 37.8 Å². The summed E-state index contributed by atoms with van der Waals surface area (Å²) in [6.45, 7) is 0. The number of hydrogen-bond donors (Lipinski definition) is 1. The van der Waals surface area contributed by atoms with Gasteiger partial charge in [0.2, 0.25) is 0 Å². The molecule has 102 valence electrons. The van der Waals surface area contributed by atoms with E-state index in [-0.39, 0.29) is 17.9 Å². The molecular weight excluding hydrogens is 297 g/mol. The van der Waals surface area contributed by atoms with Crippen LogP contribution < -0.4 is 0 Å². The highest BCUT2D eigenvalue weighted by atomic mass is 35.5. The van der Waals surface area contributed by atoms with Crippen molar-refractivity contribution in [2.24, 2.45) is 0 Å². The van der Waals surface area contributed by atoms with Crippen molar-refractivity contribution in [2.45, 2.75) is 17.7 Å². The predicted octanol–water partition coefficient (Wildman–Crippen LogP) is 2.25. The molecular formula is C11H9ClFNO4S. The van der Waals surface area contributed by atoms with Crippen LogP contribution in [0.4, 0.5) is 4.39 Å². The molecule has 0 atom stereocenters. The summed E-state index contributed by atoms with van der Waals surface area (Å²) in [5.41, 5.74) is -0.800. The van der Waals surface area contributed by atoms with Crippen LogP contribution in [0.1, 0.15) is 23.2 Å². The fourth-order valence-electron chi connectivity index (χ4n) is 1.40. The molecule has 0 spiro atoms. The predicted molar refractivity (Wildman–Crippen MR) is 65.3 cm³/mol. The molecule has 0 unspecified atom stereocenters. The number of sulfone groups is 1. The second kappa shape index (κ2) is 5.99. The number of carbonyl (C=O) groups is 1. The van der Waals surface area contributed by atoms with Gasteiger partial charge in [-0.1, -0.05) is 11.6 Å². The van der Waals surface area contributed by atoms with Gasteiger partial charge in [-0.25, -0.2) is 17.6 Å². The molecule has 0 saturated carbocycles. The van der Waals surface area contributed by atoms with E-state index in [2.05, 4.69) is 0 Å². The minimum absolute atomic E-state index is 0.00715. The number of aromatic carboxylic acids is 1. The van der Waals surface area contributed by atoms with Gasteiger partial charge in [0.05, 0.1) is 17.4 Å². The van der Waals surface area contributed by atoms with E-state index in [1.54, 1.807) is 6.07 Å². The Balaban J connectivity index is 3.27. The highest BCUT2D eigenvalue weighted by Gasteiger charge is 2.24. The molecule has 8 heteroatoms. The van der Waals surface area contributed by atoms with Gasteiger partial charge < -0.3 is 5.11 Å². The Morgan fingerprint density at radius 1 is 1.47 bits per heavy atom. The van der Waals surface area contributed by atoms with Gasteiger partial charge in [-0.15, -0.1) is 0 Å². The lowest BCUT2D eigenvalue weighted by Gasteiger charge is -2.07. The molecule has 0 heterocycles. The molecule has 0 amide bonds. The zero-order valence-corrected chi connectivity index (χ0v) is 11.1. The summed E-state index contributed by atoms with van der Waals surface area (Å²) >= 11 is 5.59. The summed E-state index contributed by atoms with van der Waals surface area (Å²) in [6, 6.07) is 3.48. The second-order valence-corrected chi connectivity index (χ2v) is 6.17. The van der Waals surface area contributed by atoms with E-state index in [9.17, 15) is 17.6 Å². The maximum atomic E-state index is 13.8. The van der Waals surface area contributed by atoms with E-state index in [0.29, 0.717) is 0 Å². The Kier molecular flexibility index (Phi) is 4.86. The maximum Gasteiger partial charge on any atom is 0.338 e. The molecule has 1 aromatic carbocycles. The van der Waals surface area contributed by atoms with Crippen LogP contribution in [0.2, 0.25) is 5.02 Å². The Hall–Kier alpha value is -1.65. The molecule has 0 radical (unpaired) electrons. The molecule has 0 aliphatic heterocycles. The third-order valence-corrected chi connectivity index (χ3v) is 4.28. The van der Waals surface area contributed by atoms with E-state index in [1.807, 2.05) is 0 Å². The maximum absolute atomic E-state index is 13.8. The second-order valence-electron chi connectivity index (χ2n) is 3.65. The standard InChI is InChI=1S/C11H9ClFNO4S/c12-7-5-8(11(15)16)10(13)9(6-7)19(17,18)4-2-1-3-14/h5-6H,1-2,4H2,(H,15,16). The van der Waals surface area contributed by atoms with E-state index in [4.69, 9.17) is 22.0 Å². The van der Waals surface area contributed by atoms with Gasteiger partial charge >= 0.3 is 5.97 Å². The molecule has 0 saturated heterocycles. The SMILES string of the molecule is N#CCCCS(=O)(=O)c1cc(Cl)cc(C(=O)O)c1F. The smallest absolute Gasteiger partial charge is 0.338 e. The number of nitrogens with zero attached hydrogens (tertiary/aromatic N) is 1. The number of benzene rings is 1. The third kappa shape index (κ3) is 3.66. The average molecular weight is 306 g/mol.